The minimum absolute atomic E-state index is 0.00141. The molecule has 0 radical (unpaired) electrons. The maximum absolute atomic E-state index is 11.7. The second kappa shape index (κ2) is 9.50. The van der Waals surface area contributed by atoms with Crippen LogP contribution in [0.3, 0.4) is 0 Å². The van der Waals surface area contributed by atoms with Crippen molar-refractivity contribution >= 4 is 23.3 Å². The Morgan fingerprint density at radius 1 is 1.33 bits per heavy atom. The second-order valence-corrected chi connectivity index (χ2v) is 7.39. The van der Waals surface area contributed by atoms with Gasteiger partial charge in [-0.15, -0.1) is 11.3 Å². The third-order valence-corrected chi connectivity index (χ3v) is 5.48. The highest BCUT2D eigenvalue weighted by molar-refractivity contribution is 7.09. The standard InChI is InChI=1S/C20H26N4O2S/c1-3-21-20(24-11-9-16(10-12-24)19(25)26-2)22-13-18-23-17(14-27-18)15-7-5-4-6-8-15/h4-8,14,16H,3,9-13H2,1-2H3,(H,21,22). The number of aliphatic imine (C=N–C) groups is 1. The fourth-order valence-electron chi connectivity index (χ4n) is 3.19. The second-order valence-electron chi connectivity index (χ2n) is 6.45. The summed E-state index contributed by atoms with van der Waals surface area (Å²) in [6.07, 6.45) is 1.60. The summed E-state index contributed by atoms with van der Waals surface area (Å²) in [4.78, 5) is 23.4. The van der Waals surface area contributed by atoms with Crippen LogP contribution < -0.4 is 5.32 Å². The number of aromatic nitrogens is 1. The maximum atomic E-state index is 11.7. The molecule has 1 N–H and O–H groups in total. The molecule has 1 aliphatic heterocycles. The molecule has 0 aliphatic carbocycles. The van der Waals surface area contributed by atoms with E-state index in [1.165, 1.54) is 7.11 Å². The van der Waals surface area contributed by atoms with Crippen molar-refractivity contribution in [1.82, 2.24) is 15.2 Å². The van der Waals surface area contributed by atoms with Crippen molar-refractivity contribution in [2.45, 2.75) is 26.3 Å². The van der Waals surface area contributed by atoms with Crippen molar-refractivity contribution in [2.24, 2.45) is 10.9 Å². The summed E-state index contributed by atoms with van der Waals surface area (Å²) in [5, 5.41) is 6.43. The summed E-state index contributed by atoms with van der Waals surface area (Å²) in [5.41, 5.74) is 2.12. The molecule has 0 saturated carbocycles. The molecule has 27 heavy (non-hydrogen) atoms. The van der Waals surface area contributed by atoms with Crippen molar-refractivity contribution in [3.8, 4) is 11.3 Å². The number of ether oxygens (including phenoxy) is 1. The summed E-state index contributed by atoms with van der Waals surface area (Å²) < 4.78 is 4.87. The van der Waals surface area contributed by atoms with Gasteiger partial charge < -0.3 is 15.0 Å². The smallest absolute Gasteiger partial charge is 0.308 e. The lowest BCUT2D eigenvalue weighted by Gasteiger charge is -2.33. The number of rotatable bonds is 5. The Balaban J connectivity index is 1.63. The molecule has 3 rings (SSSR count). The van der Waals surface area contributed by atoms with Gasteiger partial charge in [-0.1, -0.05) is 30.3 Å². The topological polar surface area (TPSA) is 66.8 Å². The molecule has 144 valence electrons. The zero-order valence-electron chi connectivity index (χ0n) is 15.9. The molecule has 0 bridgehead atoms. The van der Waals surface area contributed by atoms with Crippen LogP contribution in [0.4, 0.5) is 0 Å². The van der Waals surface area contributed by atoms with Crippen LogP contribution in [-0.4, -0.2) is 48.6 Å². The number of piperidine rings is 1. The van der Waals surface area contributed by atoms with E-state index in [1.807, 2.05) is 18.2 Å². The first-order valence-corrected chi connectivity index (χ1v) is 10.2. The summed E-state index contributed by atoms with van der Waals surface area (Å²) in [6.45, 7) is 5.03. The molecule has 0 amide bonds. The van der Waals surface area contributed by atoms with Crippen LogP contribution in [-0.2, 0) is 16.1 Å². The Hall–Kier alpha value is -2.41. The number of likely N-dealkylation sites (tertiary alicyclic amines) is 1. The molecule has 1 aromatic carbocycles. The van der Waals surface area contributed by atoms with Gasteiger partial charge in [-0.2, -0.15) is 0 Å². The van der Waals surface area contributed by atoms with Crippen LogP contribution in [0.1, 0.15) is 24.8 Å². The number of hydrogen-bond acceptors (Lipinski definition) is 5. The van der Waals surface area contributed by atoms with Crippen molar-refractivity contribution < 1.29 is 9.53 Å². The number of carbonyl (C=O) groups is 1. The Bertz CT molecular complexity index is 767. The predicted octanol–water partition coefficient (Wildman–Crippen LogP) is 3.16. The van der Waals surface area contributed by atoms with E-state index in [0.29, 0.717) is 6.54 Å². The molecule has 1 aliphatic rings. The van der Waals surface area contributed by atoms with Crippen LogP contribution in [0.2, 0.25) is 0 Å². The molecule has 0 atom stereocenters. The van der Waals surface area contributed by atoms with E-state index in [0.717, 1.165) is 54.7 Å². The highest BCUT2D eigenvalue weighted by Gasteiger charge is 2.26. The van der Waals surface area contributed by atoms with Gasteiger partial charge in [-0.3, -0.25) is 4.79 Å². The summed E-state index contributed by atoms with van der Waals surface area (Å²) in [6, 6.07) is 10.2. The van der Waals surface area contributed by atoms with Gasteiger partial charge in [-0.25, -0.2) is 9.98 Å². The average molecular weight is 387 g/mol. The minimum Gasteiger partial charge on any atom is -0.469 e. The molecular formula is C20H26N4O2S. The van der Waals surface area contributed by atoms with Gasteiger partial charge in [0.25, 0.3) is 0 Å². The number of thiazole rings is 1. The van der Waals surface area contributed by atoms with Crippen molar-refractivity contribution in [3.63, 3.8) is 0 Å². The van der Waals surface area contributed by atoms with Gasteiger partial charge in [0.1, 0.15) is 5.01 Å². The zero-order chi connectivity index (χ0) is 19.1. The van der Waals surface area contributed by atoms with Gasteiger partial charge in [0.2, 0.25) is 0 Å². The number of benzene rings is 1. The monoisotopic (exact) mass is 386 g/mol. The van der Waals surface area contributed by atoms with E-state index >= 15 is 0 Å². The number of hydrogen-bond donors (Lipinski definition) is 1. The maximum Gasteiger partial charge on any atom is 0.308 e. The molecule has 2 heterocycles. The number of nitrogens with zero attached hydrogens (tertiary/aromatic N) is 3. The number of guanidine groups is 1. The van der Waals surface area contributed by atoms with Crippen LogP contribution in [0.5, 0.6) is 0 Å². The molecule has 0 unspecified atom stereocenters. The fourth-order valence-corrected chi connectivity index (χ4v) is 3.91. The minimum atomic E-state index is -0.104. The predicted molar refractivity (Wildman–Crippen MR) is 109 cm³/mol. The van der Waals surface area contributed by atoms with E-state index < -0.39 is 0 Å². The van der Waals surface area contributed by atoms with Gasteiger partial charge in [0.05, 0.1) is 25.3 Å². The van der Waals surface area contributed by atoms with Gasteiger partial charge in [0.15, 0.2) is 5.96 Å². The molecule has 1 saturated heterocycles. The van der Waals surface area contributed by atoms with Gasteiger partial charge in [0, 0.05) is 30.6 Å². The third-order valence-electron chi connectivity index (χ3n) is 4.65. The van der Waals surface area contributed by atoms with Crippen LogP contribution >= 0.6 is 11.3 Å². The number of esters is 1. The number of methoxy groups -OCH3 is 1. The fraction of sp³-hybridized carbons (Fsp3) is 0.450. The van der Waals surface area contributed by atoms with E-state index in [-0.39, 0.29) is 11.9 Å². The summed E-state index contributed by atoms with van der Waals surface area (Å²) >= 11 is 1.63. The zero-order valence-corrected chi connectivity index (χ0v) is 16.7. The molecule has 7 heteroatoms. The average Bonchev–Trinajstić information content (AvgIpc) is 3.20. The highest BCUT2D eigenvalue weighted by Crippen LogP contribution is 2.22. The lowest BCUT2D eigenvalue weighted by atomic mass is 9.97. The van der Waals surface area contributed by atoms with Crippen LogP contribution in [0.25, 0.3) is 11.3 Å². The quantitative estimate of drug-likeness (QED) is 0.486. The number of carbonyl (C=O) groups excluding carboxylic acids is 1. The molecule has 1 aromatic heterocycles. The first-order valence-electron chi connectivity index (χ1n) is 9.32. The molecule has 6 nitrogen and oxygen atoms in total. The summed E-state index contributed by atoms with van der Waals surface area (Å²) in [5.74, 6) is 0.784. The highest BCUT2D eigenvalue weighted by atomic mass is 32.1. The van der Waals surface area contributed by atoms with Gasteiger partial charge in [-0.05, 0) is 19.8 Å². The summed E-state index contributed by atoms with van der Waals surface area (Å²) in [7, 11) is 1.46. The van der Waals surface area contributed by atoms with Gasteiger partial charge >= 0.3 is 5.97 Å². The SMILES string of the molecule is CCNC(=NCc1nc(-c2ccccc2)cs1)N1CCC(C(=O)OC)CC1. The number of nitrogens with one attached hydrogen (secondary N) is 1. The van der Waals surface area contributed by atoms with E-state index in [2.05, 4.69) is 34.7 Å². The van der Waals surface area contributed by atoms with E-state index in [1.54, 1.807) is 11.3 Å². The van der Waals surface area contributed by atoms with E-state index in [4.69, 9.17) is 14.7 Å². The molecule has 2 aromatic rings. The Morgan fingerprint density at radius 3 is 2.74 bits per heavy atom. The molecular weight excluding hydrogens is 360 g/mol. The normalized spacial score (nSPS) is 15.6. The first kappa shape index (κ1) is 19.4. The van der Waals surface area contributed by atoms with Crippen molar-refractivity contribution in [3.05, 3.63) is 40.7 Å². The molecule has 1 fully saturated rings. The van der Waals surface area contributed by atoms with Crippen molar-refractivity contribution in [2.75, 3.05) is 26.7 Å². The van der Waals surface area contributed by atoms with Crippen molar-refractivity contribution in [1.29, 1.82) is 0 Å². The lowest BCUT2D eigenvalue weighted by Crippen LogP contribution is -2.46. The van der Waals surface area contributed by atoms with Crippen LogP contribution in [0, 0.1) is 5.92 Å². The lowest BCUT2D eigenvalue weighted by molar-refractivity contribution is -0.146. The Labute approximate surface area is 164 Å². The van der Waals surface area contributed by atoms with E-state index in [9.17, 15) is 4.79 Å². The first-order chi connectivity index (χ1) is 13.2. The Kier molecular flexibility index (Phi) is 6.81. The Morgan fingerprint density at radius 2 is 2.07 bits per heavy atom. The van der Waals surface area contributed by atoms with Crippen LogP contribution in [0.15, 0.2) is 40.7 Å². The molecule has 0 spiro atoms. The third kappa shape index (κ3) is 5.07. The largest absolute Gasteiger partial charge is 0.469 e.